The Morgan fingerprint density at radius 2 is 1.68 bits per heavy atom. The number of carboxylic acid groups (broad SMARTS) is 1. The molecule has 1 unspecified atom stereocenters. The number of rotatable bonds is 8. The molecule has 7 nitrogen and oxygen atoms in total. The van der Waals surface area contributed by atoms with Crippen molar-refractivity contribution < 1.29 is 24.5 Å². The summed E-state index contributed by atoms with van der Waals surface area (Å²) in [6, 6.07) is -0.474. The molecule has 7 heteroatoms. The second kappa shape index (κ2) is 7.30. The number of urea groups is 1. The molecule has 0 saturated carbocycles. The number of hydrogen-bond acceptors (Lipinski definition) is 4. The van der Waals surface area contributed by atoms with Crippen LogP contribution in [0.3, 0.4) is 0 Å². The minimum absolute atomic E-state index is 0.139. The molecule has 0 spiro atoms. The number of hydrogen-bond donors (Lipinski definition) is 4. The van der Waals surface area contributed by atoms with Crippen molar-refractivity contribution >= 4 is 12.0 Å². The van der Waals surface area contributed by atoms with Crippen molar-refractivity contribution in [3.05, 3.63) is 0 Å². The lowest BCUT2D eigenvalue weighted by molar-refractivity contribution is -0.141. The van der Waals surface area contributed by atoms with Gasteiger partial charge in [-0.1, -0.05) is 0 Å². The van der Waals surface area contributed by atoms with Crippen molar-refractivity contribution in [3.8, 4) is 0 Å². The number of aliphatic carboxylic acids is 1. The highest BCUT2D eigenvalue weighted by Crippen LogP contribution is 2.08. The van der Waals surface area contributed by atoms with Crippen LogP contribution >= 0.6 is 0 Å². The summed E-state index contributed by atoms with van der Waals surface area (Å²) >= 11 is 0. The molecule has 2 amide bonds. The maximum absolute atomic E-state index is 11.5. The van der Waals surface area contributed by atoms with Gasteiger partial charge >= 0.3 is 12.0 Å². The summed E-state index contributed by atoms with van der Waals surface area (Å²) in [6.07, 6.45) is -0.433. The van der Waals surface area contributed by atoms with E-state index in [1.165, 1.54) is 6.92 Å². The minimum Gasteiger partial charge on any atom is -0.481 e. The third kappa shape index (κ3) is 9.26. The van der Waals surface area contributed by atoms with Crippen molar-refractivity contribution in [2.45, 2.75) is 45.3 Å². The van der Waals surface area contributed by atoms with Crippen LogP contribution in [-0.4, -0.2) is 53.1 Å². The molecular weight excluding hydrogens is 252 g/mol. The summed E-state index contributed by atoms with van der Waals surface area (Å²) in [5, 5.41) is 23.3. The second-order valence-corrected chi connectivity index (χ2v) is 5.30. The van der Waals surface area contributed by atoms with E-state index in [0.29, 0.717) is 13.2 Å². The quantitative estimate of drug-likeness (QED) is 0.511. The van der Waals surface area contributed by atoms with Crippen LogP contribution in [0.2, 0.25) is 0 Å². The van der Waals surface area contributed by atoms with E-state index in [1.807, 2.05) is 20.8 Å². The molecule has 4 N–H and O–H groups in total. The van der Waals surface area contributed by atoms with Crippen LogP contribution in [0.1, 0.15) is 34.1 Å². The lowest BCUT2D eigenvalue weighted by Crippen LogP contribution is -2.49. The van der Waals surface area contributed by atoms with Crippen LogP contribution in [0.25, 0.3) is 0 Å². The largest absolute Gasteiger partial charge is 0.481 e. The van der Waals surface area contributed by atoms with Gasteiger partial charge in [0.15, 0.2) is 0 Å². The zero-order chi connectivity index (χ0) is 15.1. The molecule has 112 valence electrons. The first-order valence-corrected chi connectivity index (χ1v) is 6.18. The van der Waals surface area contributed by atoms with E-state index >= 15 is 0 Å². The molecule has 0 radical (unpaired) electrons. The summed E-state index contributed by atoms with van der Waals surface area (Å²) < 4.78 is 5.41. The monoisotopic (exact) mass is 276 g/mol. The topological polar surface area (TPSA) is 108 Å². The molecular formula is C12H24N2O5. The van der Waals surface area contributed by atoms with Crippen LogP contribution < -0.4 is 10.6 Å². The summed E-state index contributed by atoms with van der Waals surface area (Å²) in [4.78, 5) is 22.0. The highest BCUT2D eigenvalue weighted by Gasteiger charge is 2.25. The predicted molar refractivity (Wildman–Crippen MR) is 70.0 cm³/mol. The third-order valence-corrected chi connectivity index (χ3v) is 2.37. The van der Waals surface area contributed by atoms with Crippen LogP contribution in [0, 0.1) is 0 Å². The molecule has 0 aliphatic carbocycles. The molecule has 0 saturated heterocycles. The van der Waals surface area contributed by atoms with Gasteiger partial charge in [0.2, 0.25) is 0 Å². The van der Waals surface area contributed by atoms with E-state index in [9.17, 15) is 14.7 Å². The third-order valence-electron chi connectivity index (χ3n) is 2.37. The van der Waals surface area contributed by atoms with Gasteiger partial charge in [-0.3, -0.25) is 4.79 Å². The number of nitrogens with one attached hydrogen (secondary N) is 2. The first-order chi connectivity index (χ1) is 8.58. The molecule has 0 aromatic rings. The molecule has 0 heterocycles. The Hall–Kier alpha value is -1.34. The number of amides is 2. The average molecular weight is 276 g/mol. The summed E-state index contributed by atoms with van der Waals surface area (Å²) in [7, 11) is 0. The standard InChI is InChI=1S/C12H24N2O5/c1-5-19-11(2,3)7-13-10(17)14-8-12(4,18)6-9(15)16/h18H,5-8H2,1-4H3,(H,15,16)(H2,13,14,17). The number of carboxylic acids is 1. The summed E-state index contributed by atoms with van der Waals surface area (Å²) in [6.45, 7) is 7.63. The lowest BCUT2D eigenvalue weighted by atomic mass is 10.0. The molecule has 0 aromatic carbocycles. The fourth-order valence-corrected chi connectivity index (χ4v) is 1.46. The molecule has 0 bridgehead atoms. The average Bonchev–Trinajstić information content (AvgIpc) is 2.22. The first kappa shape index (κ1) is 17.7. The minimum atomic E-state index is -1.47. The van der Waals surface area contributed by atoms with Crippen molar-refractivity contribution in [2.75, 3.05) is 19.7 Å². The fraction of sp³-hybridized carbons (Fsp3) is 0.833. The molecule has 0 aromatic heterocycles. The van der Waals surface area contributed by atoms with Crippen LogP contribution in [0.4, 0.5) is 4.79 Å². The number of carbonyl (C=O) groups excluding carboxylic acids is 1. The van der Waals surface area contributed by atoms with Crippen molar-refractivity contribution in [2.24, 2.45) is 0 Å². The molecule has 0 rings (SSSR count). The Morgan fingerprint density at radius 3 is 2.16 bits per heavy atom. The van der Waals surface area contributed by atoms with Gasteiger partial charge < -0.3 is 25.6 Å². The zero-order valence-corrected chi connectivity index (χ0v) is 11.9. The van der Waals surface area contributed by atoms with E-state index in [4.69, 9.17) is 9.84 Å². The molecule has 0 aliphatic heterocycles. The molecule has 0 fully saturated rings. The Bertz CT molecular complexity index is 315. The van der Waals surface area contributed by atoms with E-state index in [0.717, 1.165) is 0 Å². The van der Waals surface area contributed by atoms with Crippen LogP contribution in [-0.2, 0) is 9.53 Å². The fourth-order valence-electron chi connectivity index (χ4n) is 1.46. The van der Waals surface area contributed by atoms with E-state index in [-0.39, 0.29) is 6.54 Å². The summed E-state index contributed by atoms with van der Waals surface area (Å²) in [5.74, 6) is -1.12. The maximum atomic E-state index is 11.5. The highest BCUT2D eigenvalue weighted by atomic mass is 16.5. The number of aliphatic hydroxyl groups is 1. The lowest BCUT2D eigenvalue weighted by Gasteiger charge is -2.26. The molecule has 19 heavy (non-hydrogen) atoms. The smallest absolute Gasteiger partial charge is 0.314 e. The van der Waals surface area contributed by atoms with Gasteiger partial charge in [0.1, 0.15) is 0 Å². The van der Waals surface area contributed by atoms with E-state index in [2.05, 4.69) is 10.6 Å². The summed E-state index contributed by atoms with van der Waals surface area (Å²) in [5.41, 5.74) is -1.95. The number of carbonyl (C=O) groups is 2. The Labute approximate surface area is 113 Å². The molecule has 0 aliphatic rings. The van der Waals surface area contributed by atoms with Gasteiger partial charge in [-0.15, -0.1) is 0 Å². The second-order valence-electron chi connectivity index (χ2n) is 5.30. The number of ether oxygens (including phenoxy) is 1. The maximum Gasteiger partial charge on any atom is 0.314 e. The Kier molecular flexibility index (Phi) is 6.78. The van der Waals surface area contributed by atoms with Gasteiger partial charge in [-0.25, -0.2) is 4.79 Å². The van der Waals surface area contributed by atoms with Crippen LogP contribution in [0.15, 0.2) is 0 Å². The van der Waals surface area contributed by atoms with E-state index < -0.39 is 29.6 Å². The zero-order valence-electron chi connectivity index (χ0n) is 11.9. The normalized spacial score (nSPS) is 14.6. The highest BCUT2D eigenvalue weighted by molar-refractivity contribution is 5.74. The van der Waals surface area contributed by atoms with Gasteiger partial charge in [-0.2, -0.15) is 0 Å². The van der Waals surface area contributed by atoms with Crippen molar-refractivity contribution in [3.63, 3.8) is 0 Å². The predicted octanol–water partition coefficient (Wildman–Crippen LogP) is 0.326. The Morgan fingerprint density at radius 1 is 1.16 bits per heavy atom. The molecule has 1 atom stereocenters. The van der Waals surface area contributed by atoms with Gasteiger partial charge in [0.25, 0.3) is 0 Å². The van der Waals surface area contributed by atoms with Gasteiger partial charge in [-0.05, 0) is 27.7 Å². The Balaban J connectivity index is 4.03. The van der Waals surface area contributed by atoms with Crippen LogP contribution in [0.5, 0.6) is 0 Å². The van der Waals surface area contributed by atoms with Crippen molar-refractivity contribution in [1.29, 1.82) is 0 Å². The van der Waals surface area contributed by atoms with Gasteiger partial charge in [0, 0.05) is 19.7 Å². The van der Waals surface area contributed by atoms with E-state index in [1.54, 1.807) is 0 Å². The SMILES string of the molecule is CCOC(C)(C)CNC(=O)NCC(C)(O)CC(=O)O. The van der Waals surface area contributed by atoms with Crippen molar-refractivity contribution in [1.82, 2.24) is 10.6 Å². The van der Waals surface area contributed by atoms with Gasteiger partial charge in [0.05, 0.1) is 17.6 Å². The first-order valence-electron chi connectivity index (χ1n) is 6.18.